The molecule has 3 atom stereocenters. The second kappa shape index (κ2) is 6.74. The molecular weight excluding hydrogens is 236 g/mol. The predicted octanol–water partition coefficient (Wildman–Crippen LogP) is 2.93. The topological polar surface area (TPSA) is 46.3 Å². The Morgan fingerprint density at radius 1 is 1.05 bits per heavy atom. The van der Waals surface area contributed by atoms with Crippen molar-refractivity contribution in [2.45, 2.75) is 76.8 Å². The highest BCUT2D eigenvalue weighted by Crippen LogP contribution is 2.31. The van der Waals surface area contributed by atoms with Crippen molar-refractivity contribution in [1.82, 2.24) is 4.90 Å². The van der Waals surface area contributed by atoms with Crippen LogP contribution in [0.15, 0.2) is 0 Å². The summed E-state index contributed by atoms with van der Waals surface area (Å²) < 4.78 is 0. The first-order valence-corrected chi connectivity index (χ1v) is 8.12. The van der Waals surface area contributed by atoms with Gasteiger partial charge >= 0.3 is 0 Å². The lowest BCUT2D eigenvalue weighted by Gasteiger charge is -2.37. The minimum Gasteiger partial charge on any atom is -0.342 e. The molecule has 0 aliphatic heterocycles. The van der Waals surface area contributed by atoms with Crippen LogP contribution in [-0.2, 0) is 4.79 Å². The predicted molar refractivity (Wildman–Crippen MR) is 78.7 cm³/mol. The largest absolute Gasteiger partial charge is 0.342 e. The average molecular weight is 266 g/mol. The van der Waals surface area contributed by atoms with Crippen LogP contribution in [0.25, 0.3) is 0 Å². The second-order valence-corrected chi connectivity index (χ2v) is 6.78. The van der Waals surface area contributed by atoms with Gasteiger partial charge < -0.3 is 10.6 Å². The van der Waals surface area contributed by atoms with Crippen LogP contribution in [-0.4, -0.2) is 29.9 Å². The number of carbonyl (C=O) groups is 1. The summed E-state index contributed by atoms with van der Waals surface area (Å²) in [4.78, 5) is 14.7. The lowest BCUT2D eigenvalue weighted by molar-refractivity contribution is -0.138. The third-order valence-electron chi connectivity index (χ3n) is 5.20. The van der Waals surface area contributed by atoms with Crippen molar-refractivity contribution in [3.63, 3.8) is 0 Å². The molecule has 2 saturated carbocycles. The van der Waals surface area contributed by atoms with E-state index in [0.29, 0.717) is 17.9 Å². The number of hydrogen-bond acceptors (Lipinski definition) is 2. The van der Waals surface area contributed by atoms with Crippen LogP contribution >= 0.6 is 0 Å². The molecule has 2 rings (SSSR count). The van der Waals surface area contributed by atoms with Gasteiger partial charge in [0.15, 0.2) is 0 Å². The highest BCUT2D eigenvalue weighted by molar-refractivity contribution is 5.79. The normalized spacial score (nSPS) is 33.7. The summed E-state index contributed by atoms with van der Waals surface area (Å²) in [6.07, 6.45) is 10.7. The number of carbonyl (C=O) groups excluding carboxylic acids is 1. The Kier molecular flexibility index (Phi) is 5.26. The molecule has 2 aliphatic rings. The van der Waals surface area contributed by atoms with E-state index < -0.39 is 0 Å². The van der Waals surface area contributed by atoms with Gasteiger partial charge in [0.1, 0.15) is 0 Å². The molecule has 0 radical (unpaired) electrons. The van der Waals surface area contributed by atoms with Gasteiger partial charge in [0.05, 0.1) is 5.92 Å². The van der Waals surface area contributed by atoms with E-state index in [1.54, 1.807) is 0 Å². The van der Waals surface area contributed by atoms with Crippen molar-refractivity contribution in [3.8, 4) is 0 Å². The maximum absolute atomic E-state index is 12.7. The third kappa shape index (κ3) is 3.71. The summed E-state index contributed by atoms with van der Waals surface area (Å²) >= 11 is 0. The maximum atomic E-state index is 12.7. The smallest absolute Gasteiger partial charge is 0.227 e. The van der Waals surface area contributed by atoms with Gasteiger partial charge in [-0.05, 0) is 38.0 Å². The van der Waals surface area contributed by atoms with E-state index in [1.165, 1.54) is 44.9 Å². The zero-order chi connectivity index (χ0) is 13.8. The van der Waals surface area contributed by atoms with Crippen molar-refractivity contribution >= 4 is 5.91 Å². The van der Waals surface area contributed by atoms with E-state index in [1.807, 2.05) is 11.9 Å². The number of nitrogens with zero attached hydrogens (tertiary/aromatic N) is 1. The van der Waals surface area contributed by atoms with Gasteiger partial charge in [-0.1, -0.05) is 32.6 Å². The number of amides is 1. The van der Waals surface area contributed by atoms with Crippen LogP contribution in [0.2, 0.25) is 0 Å². The molecule has 0 spiro atoms. The van der Waals surface area contributed by atoms with Crippen molar-refractivity contribution in [2.24, 2.45) is 17.6 Å². The Balaban J connectivity index is 1.96. The van der Waals surface area contributed by atoms with Crippen LogP contribution in [0, 0.1) is 11.8 Å². The second-order valence-electron chi connectivity index (χ2n) is 6.78. The molecule has 2 fully saturated rings. The number of hydrogen-bond donors (Lipinski definition) is 1. The Hall–Kier alpha value is -0.570. The molecule has 0 heterocycles. The molecule has 3 heteroatoms. The standard InChI is InChI=1S/C16H30N2O/c1-12-9-10-15(17)14(11-12)16(19)18(2)13-7-5-3-4-6-8-13/h12-15H,3-11,17H2,1-2H3. The van der Waals surface area contributed by atoms with E-state index in [0.717, 1.165) is 12.8 Å². The lowest BCUT2D eigenvalue weighted by atomic mass is 9.78. The van der Waals surface area contributed by atoms with Crippen molar-refractivity contribution in [2.75, 3.05) is 7.05 Å². The molecule has 0 aromatic heterocycles. The Bertz CT molecular complexity index is 297. The Morgan fingerprint density at radius 2 is 1.68 bits per heavy atom. The van der Waals surface area contributed by atoms with E-state index in [-0.39, 0.29) is 12.0 Å². The van der Waals surface area contributed by atoms with E-state index in [9.17, 15) is 4.79 Å². The van der Waals surface area contributed by atoms with Gasteiger partial charge in [-0.15, -0.1) is 0 Å². The first-order valence-electron chi connectivity index (χ1n) is 8.12. The van der Waals surface area contributed by atoms with Crippen LogP contribution in [0.5, 0.6) is 0 Å². The van der Waals surface area contributed by atoms with Gasteiger partial charge in [-0.3, -0.25) is 4.79 Å². The lowest BCUT2D eigenvalue weighted by Crippen LogP contribution is -2.48. The molecule has 0 bridgehead atoms. The van der Waals surface area contributed by atoms with Crippen molar-refractivity contribution < 1.29 is 4.79 Å². The molecule has 19 heavy (non-hydrogen) atoms. The van der Waals surface area contributed by atoms with E-state index in [2.05, 4.69) is 6.92 Å². The minimum atomic E-state index is 0.0667. The molecule has 0 saturated heterocycles. The highest BCUT2D eigenvalue weighted by atomic mass is 16.2. The summed E-state index contributed by atoms with van der Waals surface area (Å²) in [5.41, 5.74) is 6.19. The summed E-state index contributed by atoms with van der Waals surface area (Å²) in [6.45, 7) is 2.25. The van der Waals surface area contributed by atoms with E-state index >= 15 is 0 Å². The molecule has 2 aliphatic carbocycles. The van der Waals surface area contributed by atoms with Gasteiger partial charge in [-0.2, -0.15) is 0 Å². The van der Waals surface area contributed by atoms with Crippen molar-refractivity contribution in [3.05, 3.63) is 0 Å². The molecular formula is C16H30N2O. The number of nitrogens with two attached hydrogens (primary N) is 1. The van der Waals surface area contributed by atoms with Crippen LogP contribution in [0.4, 0.5) is 0 Å². The Labute approximate surface area is 117 Å². The summed E-state index contributed by atoms with van der Waals surface area (Å²) in [6, 6.07) is 0.538. The molecule has 3 unspecified atom stereocenters. The van der Waals surface area contributed by atoms with Gasteiger partial charge in [0.2, 0.25) is 5.91 Å². The molecule has 3 nitrogen and oxygen atoms in total. The van der Waals surface area contributed by atoms with E-state index in [4.69, 9.17) is 5.73 Å². The summed E-state index contributed by atoms with van der Waals surface area (Å²) in [5, 5.41) is 0. The van der Waals surface area contributed by atoms with Crippen LogP contribution < -0.4 is 5.73 Å². The van der Waals surface area contributed by atoms with Gasteiger partial charge in [0, 0.05) is 19.1 Å². The summed E-state index contributed by atoms with van der Waals surface area (Å²) in [7, 11) is 2.00. The number of rotatable bonds is 2. The fraction of sp³-hybridized carbons (Fsp3) is 0.938. The zero-order valence-electron chi connectivity index (χ0n) is 12.6. The molecule has 110 valence electrons. The molecule has 0 aromatic rings. The SMILES string of the molecule is CC1CCC(N)C(C(=O)N(C)C2CCCCCC2)C1. The Morgan fingerprint density at radius 3 is 2.32 bits per heavy atom. The molecule has 1 amide bonds. The molecule has 2 N–H and O–H groups in total. The van der Waals surface area contributed by atoms with Crippen LogP contribution in [0.1, 0.15) is 64.7 Å². The first kappa shape index (κ1) is 14.8. The van der Waals surface area contributed by atoms with Crippen molar-refractivity contribution in [1.29, 1.82) is 0 Å². The first-order chi connectivity index (χ1) is 9.09. The maximum Gasteiger partial charge on any atom is 0.227 e. The monoisotopic (exact) mass is 266 g/mol. The quantitative estimate of drug-likeness (QED) is 0.781. The third-order valence-corrected chi connectivity index (χ3v) is 5.20. The molecule has 0 aromatic carbocycles. The van der Waals surface area contributed by atoms with Gasteiger partial charge in [-0.25, -0.2) is 0 Å². The highest BCUT2D eigenvalue weighted by Gasteiger charge is 2.35. The van der Waals surface area contributed by atoms with Gasteiger partial charge in [0.25, 0.3) is 0 Å². The fourth-order valence-electron chi connectivity index (χ4n) is 3.77. The average Bonchev–Trinajstić information content (AvgIpc) is 2.69. The zero-order valence-corrected chi connectivity index (χ0v) is 12.6. The van der Waals surface area contributed by atoms with Crippen LogP contribution in [0.3, 0.4) is 0 Å². The fourth-order valence-corrected chi connectivity index (χ4v) is 3.77. The summed E-state index contributed by atoms with van der Waals surface area (Å²) in [5.74, 6) is 1.03. The minimum absolute atomic E-state index is 0.0667.